The predicted octanol–water partition coefficient (Wildman–Crippen LogP) is 6.26. The zero-order valence-corrected chi connectivity index (χ0v) is 26.3. The number of carboxylic acids is 1. The van der Waals surface area contributed by atoms with Gasteiger partial charge < -0.3 is 25.2 Å². The molecule has 3 aromatic carbocycles. The highest BCUT2D eigenvalue weighted by atomic mass is 16.5. The molecule has 4 rings (SSSR count). The lowest BCUT2D eigenvalue weighted by molar-refractivity contribution is -0.139. The second-order valence-electron chi connectivity index (χ2n) is 11.1. The lowest BCUT2D eigenvalue weighted by Crippen LogP contribution is -2.42. The van der Waals surface area contributed by atoms with Gasteiger partial charge in [0.1, 0.15) is 17.5 Å². The molecular weight excluding hydrogens is 598 g/mol. The number of carboxylic acid groups (broad SMARTS) is 1. The monoisotopic (exact) mass is 637 g/mol. The fourth-order valence-electron chi connectivity index (χ4n) is 4.72. The summed E-state index contributed by atoms with van der Waals surface area (Å²) < 4.78 is 11.2. The van der Waals surface area contributed by atoms with Crippen LogP contribution in [0.5, 0.6) is 11.5 Å². The van der Waals surface area contributed by atoms with Crippen molar-refractivity contribution < 1.29 is 33.8 Å². The van der Waals surface area contributed by atoms with Crippen LogP contribution in [0, 0.1) is 0 Å². The van der Waals surface area contributed by atoms with E-state index in [1.807, 2.05) is 0 Å². The Morgan fingerprint density at radius 3 is 2.13 bits per heavy atom. The van der Waals surface area contributed by atoms with E-state index in [4.69, 9.17) is 9.47 Å². The summed E-state index contributed by atoms with van der Waals surface area (Å²) in [6, 6.07) is 21.7. The Balaban J connectivity index is 1.24. The fraction of sp³-hybridized carbons (Fsp3) is 0.270. The number of aliphatic carboxylic acids is 1. The van der Waals surface area contributed by atoms with Crippen LogP contribution < -0.4 is 20.1 Å². The summed E-state index contributed by atoms with van der Waals surface area (Å²) in [7, 11) is 0. The van der Waals surface area contributed by atoms with E-state index in [0.717, 1.165) is 18.4 Å². The molecule has 0 saturated heterocycles. The summed E-state index contributed by atoms with van der Waals surface area (Å²) in [5, 5.41) is 15.1. The summed E-state index contributed by atoms with van der Waals surface area (Å²) >= 11 is 0. The van der Waals surface area contributed by atoms with E-state index in [1.165, 1.54) is 31.4 Å². The zero-order chi connectivity index (χ0) is 33.4. The van der Waals surface area contributed by atoms with Crippen molar-refractivity contribution in [2.75, 3.05) is 11.9 Å². The number of carbonyl (C=O) groups is 4. The molecule has 3 N–H and O–H groups in total. The van der Waals surface area contributed by atoms with Gasteiger partial charge in [0, 0.05) is 30.1 Å². The molecule has 10 nitrogen and oxygen atoms in total. The van der Waals surface area contributed by atoms with Gasteiger partial charge in [0.25, 0.3) is 5.91 Å². The number of unbranched alkanes of at least 4 members (excludes halogenated alkanes) is 4. The maximum absolute atomic E-state index is 12.8. The number of rotatable bonds is 17. The molecule has 1 aromatic heterocycles. The first-order valence-corrected chi connectivity index (χ1v) is 15.7. The highest BCUT2D eigenvalue weighted by Gasteiger charge is 2.21. The highest BCUT2D eigenvalue weighted by Crippen LogP contribution is 2.18. The van der Waals surface area contributed by atoms with Crippen LogP contribution in [-0.4, -0.2) is 46.5 Å². The Bertz CT molecular complexity index is 1610. The van der Waals surface area contributed by atoms with Gasteiger partial charge in [-0.3, -0.25) is 14.6 Å². The number of benzene rings is 3. The minimum absolute atomic E-state index is 0.0118. The summed E-state index contributed by atoms with van der Waals surface area (Å²) in [6.45, 7) is 2.81. The van der Waals surface area contributed by atoms with Crippen LogP contribution in [0.1, 0.15) is 70.9 Å². The first kappa shape index (κ1) is 34.4. The van der Waals surface area contributed by atoms with Gasteiger partial charge in [-0.2, -0.15) is 0 Å². The van der Waals surface area contributed by atoms with Crippen LogP contribution in [0.3, 0.4) is 0 Å². The topological polar surface area (TPSA) is 144 Å². The van der Waals surface area contributed by atoms with E-state index in [9.17, 15) is 24.3 Å². The van der Waals surface area contributed by atoms with Crippen molar-refractivity contribution in [1.29, 1.82) is 0 Å². The third-order valence-electron chi connectivity index (χ3n) is 7.30. The molecule has 4 aromatic rings. The van der Waals surface area contributed by atoms with Crippen LogP contribution in [0.4, 0.5) is 5.69 Å². The van der Waals surface area contributed by atoms with Gasteiger partial charge in [-0.15, -0.1) is 0 Å². The number of ether oxygens (including phenoxy) is 2. The molecule has 0 fully saturated rings. The maximum Gasteiger partial charge on any atom is 0.343 e. The SMILES string of the molecule is CCCCCCCOc1ccc(C(=O)Oc2ccc(CC(NC(=O)c3ccc(NC(=O)Cc4cccnc4)cc3)C(=O)O)cc2)cc1. The Labute approximate surface area is 274 Å². The second-order valence-corrected chi connectivity index (χ2v) is 11.1. The molecule has 10 heteroatoms. The first-order valence-electron chi connectivity index (χ1n) is 15.7. The van der Waals surface area contributed by atoms with E-state index < -0.39 is 23.9 Å². The van der Waals surface area contributed by atoms with Gasteiger partial charge >= 0.3 is 11.9 Å². The lowest BCUT2D eigenvalue weighted by atomic mass is 10.0. The molecule has 2 amide bonds. The van der Waals surface area contributed by atoms with Crippen molar-refractivity contribution in [2.45, 2.75) is 57.9 Å². The molecule has 0 aliphatic carbocycles. The average Bonchev–Trinajstić information content (AvgIpc) is 3.07. The van der Waals surface area contributed by atoms with Gasteiger partial charge in [-0.1, -0.05) is 50.8 Å². The number of carbonyl (C=O) groups excluding carboxylic acids is 3. The van der Waals surface area contributed by atoms with Gasteiger partial charge in [-0.05, 0) is 84.3 Å². The number of anilines is 1. The molecular formula is C37H39N3O7. The van der Waals surface area contributed by atoms with Gasteiger partial charge in [0.05, 0.1) is 18.6 Å². The molecule has 47 heavy (non-hydrogen) atoms. The van der Waals surface area contributed by atoms with Crippen molar-refractivity contribution in [3.05, 3.63) is 120 Å². The Morgan fingerprint density at radius 2 is 1.47 bits per heavy atom. The molecule has 1 atom stereocenters. The Kier molecular flexibility index (Phi) is 13.0. The molecule has 1 unspecified atom stereocenters. The number of hydrogen-bond donors (Lipinski definition) is 3. The third-order valence-corrected chi connectivity index (χ3v) is 7.30. The quantitative estimate of drug-likeness (QED) is 0.0700. The summed E-state index contributed by atoms with van der Waals surface area (Å²) in [4.78, 5) is 53.7. The summed E-state index contributed by atoms with van der Waals surface area (Å²) in [6.07, 6.45) is 9.17. The molecule has 0 saturated carbocycles. The maximum atomic E-state index is 12.8. The number of pyridine rings is 1. The van der Waals surface area contributed by atoms with E-state index in [1.54, 1.807) is 85.2 Å². The normalized spacial score (nSPS) is 11.3. The summed E-state index contributed by atoms with van der Waals surface area (Å²) in [5.74, 6) is -1.53. The number of hydrogen-bond acceptors (Lipinski definition) is 7. The fourth-order valence-corrected chi connectivity index (χ4v) is 4.72. The van der Waals surface area contributed by atoms with E-state index in [0.29, 0.717) is 34.9 Å². The van der Waals surface area contributed by atoms with E-state index in [2.05, 4.69) is 22.5 Å². The molecule has 244 valence electrons. The molecule has 1 heterocycles. The lowest BCUT2D eigenvalue weighted by Gasteiger charge is -2.15. The van der Waals surface area contributed by atoms with Gasteiger partial charge in [-0.25, -0.2) is 9.59 Å². The number of nitrogens with zero attached hydrogens (tertiary/aromatic N) is 1. The Morgan fingerprint density at radius 1 is 0.787 bits per heavy atom. The van der Waals surface area contributed by atoms with Crippen molar-refractivity contribution in [2.24, 2.45) is 0 Å². The number of esters is 1. The number of amides is 2. The first-order chi connectivity index (χ1) is 22.8. The van der Waals surface area contributed by atoms with Crippen molar-refractivity contribution >= 4 is 29.4 Å². The number of aromatic nitrogens is 1. The highest BCUT2D eigenvalue weighted by molar-refractivity contribution is 5.98. The van der Waals surface area contributed by atoms with Gasteiger partial charge in [0.15, 0.2) is 0 Å². The average molecular weight is 638 g/mol. The third kappa shape index (κ3) is 11.4. The van der Waals surface area contributed by atoms with Crippen LogP contribution in [0.15, 0.2) is 97.3 Å². The minimum Gasteiger partial charge on any atom is -0.494 e. The van der Waals surface area contributed by atoms with Crippen molar-refractivity contribution in [3.8, 4) is 11.5 Å². The van der Waals surface area contributed by atoms with Crippen LogP contribution >= 0.6 is 0 Å². The molecule has 0 aliphatic heterocycles. The minimum atomic E-state index is -1.20. The molecule has 0 radical (unpaired) electrons. The van der Waals surface area contributed by atoms with Crippen LogP contribution in [0.2, 0.25) is 0 Å². The van der Waals surface area contributed by atoms with Crippen molar-refractivity contribution in [1.82, 2.24) is 10.3 Å². The van der Waals surface area contributed by atoms with Crippen LogP contribution in [-0.2, 0) is 22.4 Å². The molecule has 0 bridgehead atoms. The van der Waals surface area contributed by atoms with Crippen molar-refractivity contribution in [3.63, 3.8) is 0 Å². The molecule has 0 spiro atoms. The standard InChI is InChI=1S/C37H39N3O7/c1-2-3-4-5-6-22-46-31-19-13-29(14-20-31)37(45)47-32-17-9-26(10-18-32)23-33(36(43)44)40-35(42)28-11-15-30(16-12-28)39-34(41)24-27-8-7-21-38-25-27/h7-21,25,33H,2-6,22-24H2,1H3,(H,39,41)(H,40,42)(H,43,44). The number of nitrogens with one attached hydrogen (secondary N) is 2. The van der Waals surface area contributed by atoms with E-state index >= 15 is 0 Å². The van der Waals surface area contributed by atoms with Gasteiger partial charge in [0.2, 0.25) is 5.91 Å². The Hall–Kier alpha value is -5.51. The summed E-state index contributed by atoms with van der Waals surface area (Å²) in [5.41, 5.74) is 2.51. The predicted molar refractivity (Wildman–Crippen MR) is 178 cm³/mol. The second kappa shape index (κ2) is 17.8. The van der Waals surface area contributed by atoms with Crippen LogP contribution in [0.25, 0.3) is 0 Å². The molecule has 0 aliphatic rings. The zero-order valence-electron chi connectivity index (χ0n) is 26.3. The largest absolute Gasteiger partial charge is 0.494 e. The van der Waals surface area contributed by atoms with E-state index in [-0.39, 0.29) is 24.3 Å². The smallest absolute Gasteiger partial charge is 0.343 e.